The van der Waals surface area contributed by atoms with Crippen molar-refractivity contribution in [1.82, 2.24) is 0 Å². The van der Waals surface area contributed by atoms with Crippen LogP contribution in [0.15, 0.2) is 60.1 Å². The van der Waals surface area contributed by atoms with Gasteiger partial charge in [-0.1, -0.05) is 29.3 Å². The highest BCUT2D eigenvalue weighted by molar-refractivity contribution is 6.54. The molecule has 9 heteroatoms. The first-order valence-corrected chi connectivity index (χ1v) is 12.1. The van der Waals surface area contributed by atoms with Gasteiger partial charge in [0.15, 0.2) is 0 Å². The number of esters is 2. The Hall–Kier alpha value is -2.32. The maximum Gasteiger partial charge on any atom is 0.490 e. The third-order valence-electron chi connectivity index (χ3n) is 6.10. The van der Waals surface area contributed by atoms with E-state index in [1.54, 1.807) is 48.5 Å². The predicted octanol–water partition coefficient (Wildman–Crippen LogP) is 6.35. The number of hydrogen-bond donors (Lipinski definition) is 0. The first-order chi connectivity index (χ1) is 16.5. The second kappa shape index (κ2) is 11.6. The van der Waals surface area contributed by atoms with E-state index in [4.69, 9.17) is 42.0 Å². The summed E-state index contributed by atoms with van der Waals surface area (Å²) in [7, 11) is -0.596. The second-order valence-corrected chi connectivity index (χ2v) is 10.1. The Morgan fingerprint density at radius 3 is 1.69 bits per heavy atom. The molecular formula is C26H29BCl2O6. The molecule has 6 nitrogen and oxygen atoms in total. The van der Waals surface area contributed by atoms with Gasteiger partial charge >= 0.3 is 19.1 Å². The molecule has 0 unspecified atom stereocenters. The van der Waals surface area contributed by atoms with Crippen LogP contribution in [-0.2, 0) is 18.8 Å². The van der Waals surface area contributed by atoms with E-state index in [1.165, 1.54) is 0 Å². The van der Waals surface area contributed by atoms with Gasteiger partial charge in [0.25, 0.3) is 0 Å². The molecule has 1 saturated heterocycles. The van der Waals surface area contributed by atoms with Crippen LogP contribution in [0.1, 0.15) is 61.3 Å². The summed E-state index contributed by atoms with van der Waals surface area (Å²) in [6, 6.07) is 13.0. The molecule has 35 heavy (non-hydrogen) atoms. The number of carbonyl (C=O) groups is 2. The Balaban J connectivity index is 1.60. The summed E-state index contributed by atoms with van der Waals surface area (Å²) in [4.78, 5) is 24.6. The molecule has 0 aromatic heterocycles. The zero-order chi connectivity index (χ0) is 25.6. The van der Waals surface area contributed by atoms with E-state index < -0.39 is 30.3 Å². The van der Waals surface area contributed by atoms with Gasteiger partial charge in [-0.2, -0.15) is 0 Å². The fourth-order valence-corrected chi connectivity index (χ4v) is 3.56. The molecule has 0 atom stereocenters. The molecule has 1 fully saturated rings. The topological polar surface area (TPSA) is 71.1 Å². The highest BCUT2D eigenvalue weighted by atomic mass is 35.5. The van der Waals surface area contributed by atoms with Crippen molar-refractivity contribution in [2.75, 3.05) is 13.2 Å². The predicted molar refractivity (Wildman–Crippen MR) is 137 cm³/mol. The SMILES string of the molecule is CC1(C)OB(/C(=C/CCOC(=O)c2ccc(Cl)cc2)CCOC(=O)c2ccc(Cl)cc2)OC1(C)C. The van der Waals surface area contributed by atoms with E-state index in [2.05, 4.69) is 0 Å². The van der Waals surface area contributed by atoms with Crippen LogP contribution in [0.3, 0.4) is 0 Å². The molecule has 0 saturated carbocycles. The number of halogens is 2. The molecule has 1 aliphatic rings. The minimum Gasteiger partial charge on any atom is -0.462 e. The zero-order valence-corrected chi connectivity index (χ0v) is 21.8. The summed E-state index contributed by atoms with van der Waals surface area (Å²) in [5, 5.41) is 1.09. The maximum atomic E-state index is 12.3. The van der Waals surface area contributed by atoms with E-state index in [0.29, 0.717) is 34.0 Å². The molecule has 2 aromatic carbocycles. The van der Waals surface area contributed by atoms with Crippen LogP contribution >= 0.6 is 23.2 Å². The quantitative estimate of drug-likeness (QED) is 0.219. The van der Waals surface area contributed by atoms with Crippen LogP contribution in [0, 0.1) is 0 Å². The van der Waals surface area contributed by atoms with E-state index in [-0.39, 0.29) is 13.2 Å². The lowest BCUT2D eigenvalue weighted by Crippen LogP contribution is -2.41. The minimum atomic E-state index is -0.596. The number of carbonyl (C=O) groups excluding carboxylic acids is 2. The average molecular weight is 519 g/mol. The summed E-state index contributed by atoms with van der Waals surface area (Å²) < 4.78 is 23.2. The number of hydrogen-bond acceptors (Lipinski definition) is 6. The summed E-state index contributed by atoms with van der Waals surface area (Å²) in [6.07, 6.45) is 2.76. The number of rotatable bonds is 9. The van der Waals surface area contributed by atoms with Crippen LogP contribution in [0.5, 0.6) is 0 Å². The highest BCUT2D eigenvalue weighted by Crippen LogP contribution is 2.39. The number of benzene rings is 2. The molecule has 0 aliphatic carbocycles. The van der Waals surface area contributed by atoms with Gasteiger partial charge in [0.1, 0.15) is 0 Å². The normalized spacial score (nSPS) is 16.7. The largest absolute Gasteiger partial charge is 0.490 e. The summed E-state index contributed by atoms with van der Waals surface area (Å²) in [5.41, 5.74) is 0.633. The molecule has 0 radical (unpaired) electrons. The molecule has 1 heterocycles. The van der Waals surface area contributed by atoms with Gasteiger partial charge in [-0.25, -0.2) is 9.59 Å². The lowest BCUT2D eigenvalue weighted by molar-refractivity contribution is 0.00578. The van der Waals surface area contributed by atoms with Crippen molar-refractivity contribution in [2.24, 2.45) is 0 Å². The van der Waals surface area contributed by atoms with Crippen molar-refractivity contribution in [3.8, 4) is 0 Å². The molecular weight excluding hydrogens is 490 g/mol. The zero-order valence-electron chi connectivity index (χ0n) is 20.3. The van der Waals surface area contributed by atoms with Crippen LogP contribution in [0.25, 0.3) is 0 Å². The van der Waals surface area contributed by atoms with Gasteiger partial charge in [0.05, 0.1) is 35.5 Å². The van der Waals surface area contributed by atoms with Crippen molar-refractivity contribution in [3.63, 3.8) is 0 Å². The van der Waals surface area contributed by atoms with Gasteiger partial charge in [-0.05, 0) is 94.5 Å². The monoisotopic (exact) mass is 518 g/mol. The van der Waals surface area contributed by atoms with Crippen LogP contribution in [0.2, 0.25) is 10.0 Å². The second-order valence-electron chi connectivity index (χ2n) is 9.19. The van der Waals surface area contributed by atoms with Crippen LogP contribution < -0.4 is 0 Å². The first kappa shape index (κ1) is 27.3. The van der Waals surface area contributed by atoms with Gasteiger partial charge in [0.2, 0.25) is 0 Å². The summed E-state index contributed by atoms with van der Waals surface area (Å²) >= 11 is 11.7. The highest BCUT2D eigenvalue weighted by Gasteiger charge is 2.52. The van der Waals surface area contributed by atoms with Crippen molar-refractivity contribution in [1.29, 1.82) is 0 Å². The van der Waals surface area contributed by atoms with Crippen LogP contribution in [-0.4, -0.2) is 43.5 Å². The molecule has 1 aliphatic heterocycles. The summed E-state index contributed by atoms with van der Waals surface area (Å²) in [6.45, 7) is 8.20. The Kier molecular flexibility index (Phi) is 9.05. The Labute approximate surface area is 216 Å². The average Bonchev–Trinajstić information content (AvgIpc) is 3.02. The third-order valence-corrected chi connectivity index (χ3v) is 6.60. The fourth-order valence-electron chi connectivity index (χ4n) is 3.31. The Morgan fingerprint density at radius 2 is 1.23 bits per heavy atom. The first-order valence-electron chi connectivity index (χ1n) is 11.4. The molecule has 0 amide bonds. The lowest BCUT2D eigenvalue weighted by Gasteiger charge is -2.32. The van der Waals surface area contributed by atoms with Crippen molar-refractivity contribution in [2.45, 2.75) is 51.7 Å². The van der Waals surface area contributed by atoms with Crippen molar-refractivity contribution >= 4 is 42.3 Å². The van der Waals surface area contributed by atoms with Crippen molar-refractivity contribution in [3.05, 3.63) is 81.3 Å². The lowest BCUT2D eigenvalue weighted by atomic mass is 9.75. The minimum absolute atomic E-state index is 0.141. The Bertz CT molecular complexity index is 1050. The molecule has 0 spiro atoms. The van der Waals surface area contributed by atoms with Gasteiger partial charge in [0, 0.05) is 10.0 Å². The third kappa shape index (κ3) is 7.34. The van der Waals surface area contributed by atoms with E-state index >= 15 is 0 Å². The number of ether oxygens (including phenoxy) is 2. The van der Waals surface area contributed by atoms with Gasteiger partial charge in [-0.3, -0.25) is 0 Å². The Morgan fingerprint density at radius 1 is 0.800 bits per heavy atom. The molecule has 0 bridgehead atoms. The van der Waals surface area contributed by atoms with E-state index in [1.807, 2.05) is 33.8 Å². The van der Waals surface area contributed by atoms with Gasteiger partial charge in [-0.15, -0.1) is 0 Å². The molecule has 0 N–H and O–H groups in total. The standard InChI is InChI=1S/C26H29BCl2O6/c1-25(2)26(3,4)35-27(34-25)20(15-17-33-24(31)19-9-13-22(29)14-10-19)6-5-16-32-23(30)18-7-11-21(28)12-8-18/h6-14H,5,15-17H2,1-4H3/b20-6+. The summed E-state index contributed by atoms with van der Waals surface area (Å²) in [5.74, 6) is -0.865. The van der Waals surface area contributed by atoms with Gasteiger partial charge < -0.3 is 18.8 Å². The van der Waals surface area contributed by atoms with Crippen molar-refractivity contribution < 1.29 is 28.4 Å². The smallest absolute Gasteiger partial charge is 0.462 e. The van der Waals surface area contributed by atoms with E-state index in [0.717, 1.165) is 5.47 Å². The van der Waals surface area contributed by atoms with E-state index in [9.17, 15) is 9.59 Å². The molecule has 3 rings (SSSR count). The molecule has 2 aromatic rings. The maximum absolute atomic E-state index is 12.3. The molecule has 186 valence electrons. The fraction of sp³-hybridized carbons (Fsp3) is 0.385. The van der Waals surface area contributed by atoms with Crippen LogP contribution in [0.4, 0.5) is 0 Å².